The Hall–Kier alpha value is -2.49. The third-order valence-corrected chi connectivity index (χ3v) is 4.74. The smallest absolute Gasteiger partial charge is 0.222 e. The lowest BCUT2D eigenvalue weighted by Gasteiger charge is -2.17. The van der Waals surface area contributed by atoms with E-state index in [2.05, 4.69) is 10.3 Å². The summed E-state index contributed by atoms with van der Waals surface area (Å²) < 4.78 is 10.6. The highest BCUT2D eigenvalue weighted by molar-refractivity contribution is 14.0. The van der Waals surface area contributed by atoms with Crippen molar-refractivity contribution in [2.75, 3.05) is 26.1 Å². The summed E-state index contributed by atoms with van der Waals surface area (Å²) in [7, 11) is 3.20. The first-order valence-electron chi connectivity index (χ1n) is 9.24. The molecule has 29 heavy (non-hydrogen) atoms. The van der Waals surface area contributed by atoms with Gasteiger partial charge < -0.3 is 25.4 Å². The number of hydrogen-bond donors (Lipinski definition) is 2. The van der Waals surface area contributed by atoms with Crippen molar-refractivity contribution in [2.24, 2.45) is 10.7 Å². The minimum atomic E-state index is 0. The molecule has 2 aromatic carbocycles. The second-order valence-electron chi connectivity index (χ2n) is 6.58. The molecule has 1 saturated heterocycles. The van der Waals surface area contributed by atoms with Crippen molar-refractivity contribution in [3.05, 3.63) is 53.6 Å². The molecule has 3 rings (SSSR count). The molecule has 7 nitrogen and oxygen atoms in total. The average Bonchev–Trinajstić information content (AvgIpc) is 3.11. The van der Waals surface area contributed by atoms with Gasteiger partial charge in [-0.05, 0) is 29.7 Å². The minimum Gasteiger partial charge on any atom is -0.497 e. The van der Waals surface area contributed by atoms with Crippen molar-refractivity contribution >= 4 is 41.5 Å². The summed E-state index contributed by atoms with van der Waals surface area (Å²) in [5, 5.41) is 3.06. The van der Waals surface area contributed by atoms with E-state index in [-0.39, 0.29) is 35.8 Å². The normalized spacial score (nSPS) is 13.8. The Kier molecular flexibility index (Phi) is 8.56. The summed E-state index contributed by atoms with van der Waals surface area (Å²) >= 11 is 0. The SMILES string of the molecule is COc1ccc(OC)c(NC(N)=NCc2ccccc2CN2CCCC2=O)c1.I. The number of hydrogen-bond acceptors (Lipinski definition) is 4. The first-order chi connectivity index (χ1) is 13.6. The van der Waals surface area contributed by atoms with Crippen LogP contribution in [-0.2, 0) is 17.9 Å². The molecule has 3 N–H and O–H groups in total. The number of rotatable bonds is 7. The van der Waals surface area contributed by atoms with Gasteiger partial charge in [0, 0.05) is 25.6 Å². The van der Waals surface area contributed by atoms with E-state index in [4.69, 9.17) is 15.2 Å². The van der Waals surface area contributed by atoms with E-state index < -0.39 is 0 Å². The molecule has 0 aromatic heterocycles. The van der Waals surface area contributed by atoms with Gasteiger partial charge in [-0.25, -0.2) is 4.99 Å². The van der Waals surface area contributed by atoms with Crippen LogP contribution >= 0.6 is 24.0 Å². The molecular weight excluding hydrogens is 483 g/mol. The Morgan fingerprint density at radius 2 is 1.93 bits per heavy atom. The van der Waals surface area contributed by atoms with Crippen molar-refractivity contribution in [3.63, 3.8) is 0 Å². The number of aliphatic imine (C=N–C) groups is 1. The van der Waals surface area contributed by atoms with E-state index in [0.29, 0.717) is 36.7 Å². The maximum Gasteiger partial charge on any atom is 0.222 e. The van der Waals surface area contributed by atoms with Crippen molar-refractivity contribution in [1.82, 2.24) is 4.90 Å². The number of guanidine groups is 1. The number of nitrogens with two attached hydrogens (primary N) is 1. The number of nitrogens with one attached hydrogen (secondary N) is 1. The summed E-state index contributed by atoms with van der Waals surface area (Å²) in [4.78, 5) is 18.3. The molecule has 0 saturated carbocycles. The van der Waals surface area contributed by atoms with E-state index in [0.717, 1.165) is 24.1 Å². The molecule has 1 fully saturated rings. The molecule has 1 aliphatic heterocycles. The molecule has 0 aliphatic carbocycles. The number of benzene rings is 2. The van der Waals surface area contributed by atoms with Gasteiger partial charge in [0.2, 0.25) is 5.91 Å². The van der Waals surface area contributed by atoms with Gasteiger partial charge >= 0.3 is 0 Å². The molecule has 156 valence electrons. The molecule has 0 spiro atoms. The molecule has 0 unspecified atom stereocenters. The molecule has 0 bridgehead atoms. The van der Waals surface area contributed by atoms with Crippen LogP contribution in [0.3, 0.4) is 0 Å². The number of carbonyl (C=O) groups is 1. The van der Waals surface area contributed by atoms with Gasteiger partial charge in [0.05, 0.1) is 26.5 Å². The van der Waals surface area contributed by atoms with Crippen molar-refractivity contribution < 1.29 is 14.3 Å². The van der Waals surface area contributed by atoms with Gasteiger partial charge in [-0.15, -0.1) is 24.0 Å². The van der Waals surface area contributed by atoms with E-state index in [1.165, 1.54) is 0 Å². The lowest BCUT2D eigenvalue weighted by molar-refractivity contribution is -0.128. The maximum absolute atomic E-state index is 11.9. The van der Waals surface area contributed by atoms with E-state index in [1.54, 1.807) is 26.4 Å². The van der Waals surface area contributed by atoms with Crippen LogP contribution < -0.4 is 20.5 Å². The molecule has 0 atom stereocenters. The van der Waals surface area contributed by atoms with Crippen molar-refractivity contribution in [1.29, 1.82) is 0 Å². The van der Waals surface area contributed by atoms with Gasteiger partial charge in [0.25, 0.3) is 0 Å². The zero-order valence-corrected chi connectivity index (χ0v) is 19.0. The second-order valence-corrected chi connectivity index (χ2v) is 6.58. The lowest BCUT2D eigenvalue weighted by Crippen LogP contribution is -2.25. The molecule has 2 aromatic rings. The van der Waals surface area contributed by atoms with Gasteiger partial charge in [-0.1, -0.05) is 24.3 Å². The number of nitrogens with zero attached hydrogens (tertiary/aromatic N) is 2. The highest BCUT2D eigenvalue weighted by Crippen LogP contribution is 2.28. The van der Waals surface area contributed by atoms with Crippen LogP contribution in [0.2, 0.25) is 0 Å². The van der Waals surface area contributed by atoms with Crippen molar-refractivity contribution in [2.45, 2.75) is 25.9 Å². The molecule has 1 amide bonds. The molecular formula is C21H27IN4O3. The number of halogens is 1. The number of amides is 1. The maximum atomic E-state index is 11.9. The third-order valence-electron chi connectivity index (χ3n) is 4.74. The summed E-state index contributed by atoms with van der Waals surface area (Å²) in [5.74, 6) is 1.83. The standard InChI is InChI=1S/C21H26N4O3.HI/c1-27-17-9-10-19(28-2)18(12-17)24-21(22)23-13-15-6-3-4-7-16(15)14-25-11-5-8-20(25)26;/h3-4,6-7,9-10,12H,5,8,11,13-14H2,1-2H3,(H3,22,23,24);1H. The highest BCUT2D eigenvalue weighted by atomic mass is 127. The third kappa shape index (κ3) is 5.99. The predicted molar refractivity (Wildman–Crippen MR) is 125 cm³/mol. The van der Waals surface area contributed by atoms with Crippen LogP contribution in [0.4, 0.5) is 5.69 Å². The van der Waals surface area contributed by atoms with Crippen molar-refractivity contribution in [3.8, 4) is 11.5 Å². The summed E-state index contributed by atoms with van der Waals surface area (Å²) in [6.07, 6.45) is 1.57. The molecule has 1 heterocycles. The van der Waals surface area contributed by atoms with E-state index in [9.17, 15) is 4.79 Å². The largest absolute Gasteiger partial charge is 0.497 e. The van der Waals surface area contributed by atoms with E-state index >= 15 is 0 Å². The zero-order valence-electron chi connectivity index (χ0n) is 16.7. The van der Waals surface area contributed by atoms with Crippen LogP contribution in [0.1, 0.15) is 24.0 Å². The Morgan fingerprint density at radius 1 is 1.17 bits per heavy atom. The van der Waals surface area contributed by atoms with Gasteiger partial charge in [0.15, 0.2) is 5.96 Å². The Bertz CT molecular complexity index is 873. The lowest BCUT2D eigenvalue weighted by atomic mass is 10.1. The number of methoxy groups -OCH3 is 2. The Morgan fingerprint density at radius 3 is 2.59 bits per heavy atom. The molecule has 8 heteroatoms. The van der Waals surface area contributed by atoms with Crippen LogP contribution in [-0.4, -0.2) is 37.5 Å². The van der Waals surface area contributed by atoms with Crippen LogP contribution in [0.15, 0.2) is 47.5 Å². The van der Waals surface area contributed by atoms with E-state index in [1.807, 2.05) is 35.2 Å². The summed E-state index contributed by atoms with van der Waals surface area (Å²) in [5.41, 5.74) is 8.90. The Balaban J connectivity index is 0.00000300. The molecule has 0 radical (unpaired) electrons. The number of anilines is 1. The fourth-order valence-electron chi connectivity index (χ4n) is 3.20. The first-order valence-corrected chi connectivity index (χ1v) is 9.24. The monoisotopic (exact) mass is 510 g/mol. The molecule has 1 aliphatic rings. The van der Waals surface area contributed by atoms with Gasteiger partial charge in [-0.3, -0.25) is 4.79 Å². The summed E-state index contributed by atoms with van der Waals surface area (Å²) in [6.45, 7) is 1.85. The minimum absolute atomic E-state index is 0. The highest BCUT2D eigenvalue weighted by Gasteiger charge is 2.20. The Labute approximate surface area is 188 Å². The fourth-order valence-corrected chi connectivity index (χ4v) is 3.20. The van der Waals surface area contributed by atoms with Crippen LogP contribution in [0.25, 0.3) is 0 Å². The topological polar surface area (TPSA) is 89.2 Å². The fraction of sp³-hybridized carbons (Fsp3) is 0.333. The van der Waals surface area contributed by atoms with Crippen LogP contribution in [0, 0.1) is 0 Å². The number of carbonyl (C=O) groups excluding carboxylic acids is 1. The average molecular weight is 510 g/mol. The number of ether oxygens (including phenoxy) is 2. The predicted octanol–water partition coefficient (Wildman–Crippen LogP) is 3.37. The first kappa shape index (κ1) is 22.8. The zero-order chi connectivity index (χ0) is 19.9. The quantitative estimate of drug-likeness (QED) is 0.339. The van der Waals surface area contributed by atoms with Crippen LogP contribution in [0.5, 0.6) is 11.5 Å². The second kappa shape index (κ2) is 10.9. The van der Waals surface area contributed by atoms with Gasteiger partial charge in [-0.2, -0.15) is 0 Å². The van der Waals surface area contributed by atoms with Gasteiger partial charge in [0.1, 0.15) is 11.5 Å². The summed E-state index contributed by atoms with van der Waals surface area (Å²) in [6, 6.07) is 13.4. The number of likely N-dealkylation sites (tertiary alicyclic amines) is 1.